The van der Waals surface area contributed by atoms with Crippen LogP contribution in [-0.2, 0) is 0 Å². The first-order valence-electron chi connectivity index (χ1n) is 6.61. The highest BCUT2D eigenvalue weighted by molar-refractivity contribution is 7.07. The van der Waals surface area contributed by atoms with Crippen LogP contribution in [0.25, 0.3) is 0 Å². The Balaban J connectivity index is 2.07. The van der Waals surface area contributed by atoms with Gasteiger partial charge in [-0.15, -0.1) is 0 Å². The van der Waals surface area contributed by atoms with Gasteiger partial charge in [0.15, 0.2) is 0 Å². The van der Waals surface area contributed by atoms with Gasteiger partial charge in [0.25, 0.3) is 0 Å². The van der Waals surface area contributed by atoms with Crippen molar-refractivity contribution in [1.29, 1.82) is 0 Å². The summed E-state index contributed by atoms with van der Waals surface area (Å²) in [7, 11) is 1.83. The van der Waals surface area contributed by atoms with E-state index in [0.29, 0.717) is 6.54 Å². The van der Waals surface area contributed by atoms with Gasteiger partial charge in [0.2, 0.25) is 0 Å². The van der Waals surface area contributed by atoms with Gasteiger partial charge >= 0.3 is 0 Å². The summed E-state index contributed by atoms with van der Waals surface area (Å²) in [5.41, 5.74) is 0.925. The monoisotopic (exact) mass is 292 g/mol. The molecule has 0 saturated heterocycles. The van der Waals surface area contributed by atoms with Crippen molar-refractivity contribution in [3.63, 3.8) is 0 Å². The van der Waals surface area contributed by atoms with Crippen LogP contribution < -0.4 is 10.6 Å². The molecule has 0 aromatic carbocycles. The zero-order valence-electron chi connectivity index (χ0n) is 11.9. The molecular formula is C14H20N4OS. The number of nitrogens with zero attached hydrogens (tertiary/aromatic N) is 2. The molecule has 0 radical (unpaired) electrons. The van der Waals surface area contributed by atoms with Gasteiger partial charge in [0.1, 0.15) is 17.5 Å². The minimum absolute atomic E-state index is 0.255. The average molecular weight is 292 g/mol. The third-order valence-corrected chi connectivity index (χ3v) is 3.62. The van der Waals surface area contributed by atoms with Crippen molar-refractivity contribution < 1.29 is 5.11 Å². The molecular weight excluding hydrogens is 272 g/mol. The molecule has 2 heterocycles. The van der Waals surface area contributed by atoms with E-state index in [1.54, 1.807) is 11.3 Å². The van der Waals surface area contributed by atoms with E-state index in [2.05, 4.69) is 34.4 Å². The number of aromatic nitrogens is 2. The molecule has 2 aromatic heterocycles. The second kappa shape index (κ2) is 6.67. The maximum Gasteiger partial charge on any atom is 0.135 e. The molecule has 0 aliphatic carbocycles. The van der Waals surface area contributed by atoms with Gasteiger partial charge in [-0.25, -0.2) is 9.97 Å². The van der Waals surface area contributed by atoms with Crippen LogP contribution in [0.3, 0.4) is 0 Å². The number of aliphatic hydroxyl groups is 1. The molecule has 2 aromatic rings. The molecule has 3 N–H and O–H groups in total. The number of rotatable bonds is 6. The molecule has 0 spiro atoms. The SMILES string of the molecule is CNc1cc(NCC(O)c2ccsc2)nc(C(C)C)n1. The van der Waals surface area contributed by atoms with E-state index in [0.717, 1.165) is 23.0 Å². The molecule has 2 rings (SSSR count). The first-order chi connectivity index (χ1) is 9.60. The molecule has 1 unspecified atom stereocenters. The molecule has 0 bridgehead atoms. The van der Waals surface area contributed by atoms with E-state index in [4.69, 9.17) is 0 Å². The van der Waals surface area contributed by atoms with Gasteiger partial charge in [0.05, 0.1) is 6.10 Å². The lowest BCUT2D eigenvalue weighted by molar-refractivity contribution is 0.192. The van der Waals surface area contributed by atoms with Crippen molar-refractivity contribution in [3.8, 4) is 0 Å². The van der Waals surface area contributed by atoms with Crippen LogP contribution in [0.15, 0.2) is 22.9 Å². The minimum Gasteiger partial charge on any atom is -0.387 e. The molecule has 0 aliphatic rings. The second-order valence-electron chi connectivity index (χ2n) is 4.85. The molecule has 0 fully saturated rings. The number of nitrogens with one attached hydrogen (secondary N) is 2. The van der Waals surface area contributed by atoms with Gasteiger partial charge in [-0.1, -0.05) is 13.8 Å². The van der Waals surface area contributed by atoms with Crippen LogP contribution in [0.2, 0.25) is 0 Å². The fourth-order valence-electron chi connectivity index (χ4n) is 1.73. The van der Waals surface area contributed by atoms with Gasteiger partial charge < -0.3 is 15.7 Å². The first-order valence-corrected chi connectivity index (χ1v) is 7.55. The highest BCUT2D eigenvalue weighted by atomic mass is 32.1. The van der Waals surface area contributed by atoms with Crippen molar-refractivity contribution in [3.05, 3.63) is 34.3 Å². The van der Waals surface area contributed by atoms with Crippen molar-refractivity contribution in [1.82, 2.24) is 9.97 Å². The lowest BCUT2D eigenvalue weighted by Crippen LogP contribution is -2.14. The summed E-state index contributed by atoms with van der Waals surface area (Å²) < 4.78 is 0. The maximum atomic E-state index is 10.1. The minimum atomic E-state index is -0.531. The van der Waals surface area contributed by atoms with Crippen LogP contribution >= 0.6 is 11.3 Å². The van der Waals surface area contributed by atoms with Crippen LogP contribution in [0.4, 0.5) is 11.6 Å². The summed E-state index contributed by atoms with van der Waals surface area (Å²) in [5, 5.41) is 20.2. The summed E-state index contributed by atoms with van der Waals surface area (Å²) in [6.07, 6.45) is -0.531. The zero-order chi connectivity index (χ0) is 14.5. The van der Waals surface area contributed by atoms with Crippen LogP contribution in [0.5, 0.6) is 0 Å². The van der Waals surface area contributed by atoms with Gasteiger partial charge in [-0.05, 0) is 22.4 Å². The Hall–Kier alpha value is -1.66. The average Bonchev–Trinajstić information content (AvgIpc) is 2.98. The van der Waals surface area contributed by atoms with E-state index in [1.807, 2.05) is 29.9 Å². The predicted octanol–water partition coefficient (Wildman–Crippen LogP) is 2.85. The zero-order valence-corrected chi connectivity index (χ0v) is 12.7. The van der Waals surface area contributed by atoms with E-state index >= 15 is 0 Å². The lowest BCUT2D eigenvalue weighted by Gasteiger charge is -2.14. The molecule has 108 valence electrons. The number of thiophene rings is 1. The molecule has 20 heavy (non-hydrogen) atoms. The topological polar surface area (TPSA) is 70.1 Å². The van der Waals surface area contributed by atoms with Gasteiger partial charge in [-0.2, -0.15) is 11.3 Å². The Bertz CT molecular complexity index is 542. The van der Waals surface area contributed by atoms with Crippen LogP contribution in [0, 0.1) is 0 Å². The molecule has 1 atom stereocenters. The van der Waals surface area contributed by atoms with Crippen molar-refractivity contribution in [2.24, 2.45) is 0 Å². The number of hydrogen-bond acceptors (Lipinski definition) is 6. The summed E-state index contributed by atoms with van der Waals surface area (Å²) in [5.74, 6) is 2.54. The molecule has 5 nitrogen and oxygen atoms in total. The molecule has 6 heteroatoms. The van der Waals surface area contributed by atoms with E-state index < -0.39 is 6.10 Å². The van der Waals surface area contributed by atoms with Gasteiger partial charge in [-0.3, -0.25) is 0 Å². The predicted molar refractivity (Wildman–Crippen MR) is 83.4 cm³/mol. The Morgan fingerprint density at radius 3 is 2.65 bits per heavy atom. The molecule has 0 aliphatic heterocycles. The van der Waals surface area contributed by atoms with E-state index in [1.165, 1.54) is 0 Å². The fourth-order valence-corrected chi connectivity index (χ4v) is 2.43. The second-order valence-corrected chi connectivity index (χ2v) is 5.63. The van der Waals surface area contributed by atoms with Crippen molar-refractivity contribution in [2.45, 2.75) is 25.9 Å². The Morgan fingerprint density at radius 2 is 2.05 bits per heavy atom. The summed E-state index contributed by atoms with van der Waals surface area (Å²) >= 11 is 1.58. The molecule has 0 saturated carbocycles. The smallest absolute Gasteiger partial charge is 0.135 e. The van der Waals surface area contributed by atoms with Crippen LogP contribution in [0.1, 0.15) is 37.3 Å². The summed E-state index contributed by atoms with van der Waals surface area (Å²) in [6.45, 7) is 4.53. The largest absolute Gasteiger partial charge is 0.387 e. The Morgan fingerprint density at radius 1 is 1.30 bits per heavy atom. The standard InChI is InChI=1S/C14H20N4OS/c1-9(2)14-17-12(15-3)6-13(18-14)16-7-11(19)10-4-5-20-8-10/h4-6,8-9,11,19H,7H2,1-3H3,(H2,15,16,17,18). The van der Waals surface area contributed by atoms with Crippen molar-refractivity contribution >= 4 is 23.0 Å². The summed E-state index contributed by atoms with van der Waals surface area (Å²) in [4.78, 5) is 8.87. The highest BCUT2D eigenvalue weighted by Crippen LogP contribution is 2.19. The number of anilines is 2. The summed E-state index contributed by atoms with van der Waals surface area (Å²) in [6, 6.07) is 3.77. The quantitative estimate of drug-likeness (QED) is 0.764. The third kappa shape index (κ3) is 3.68. The first kappa shape index (κ1) is 14.7. The fraction of sp³-hybridized carbons (Fsp3) is 0.429. The Kier molecular flexibility index (Phi) is 4.92. The maximum absolute atomic E-state index is 10.1. The number of aliphatic hydroxyl groups excluding tert-OH is 1. The third-order valence-electron chi connectivity index (χ3n) is 2.92. The van der Waals surface area contributed by atoms with E-state index in [-0.39, 0.29) is 5.92 Å². The highest BCUT2D eigenvalue weighted by Gasteiger charge is 2.10. The van der Waals surface area contributed by atoms with E-state index in [9.17, 15) is 5.11 Å². The van der Waals surface area contributed by atoms with Crippen molar-refractivity contribution in [2.75, 3.05) is 24.2 Å². The normalized spacial score (nSPS) is 12.4. The lowest BCUT2D eigenvalue weighted by atomic mass is 10.2. The Labute approximate surface area is 123 Å². The molecule has 0 amide bonds. The van der Waals surface area contributed by atoms with Gasteiger partial charge in [0, 0.05) is 25.6 Å². The number of hydrogen-bond donors (Lipinski definition) is 3. The van der Waals surface area contributed by atoms with Crippen LogP contribution in [-0.4, -0.2) is 28.7 Å².